The molecule has 1 amide bonds. The van der Waals surface area contributed by atoms with Crippen molar-refractivity contribution in [3.05, 3.63) is 27.7 Å². The van der Waals surface area contributed by atoms with Crippen molar-refractivity contribution in [3.63, 3.8) is 0 Å². The fourth-order valence-electron chi connectivity index (χ4n) is 1.35. The van der Waals surface area contributed by atoms with E-state index in [0.717, 1.165) is 10.7 Å². The Bertz CT molecular complexity index is 545. The highest BCUT2D eigenvalue weighted by Crippen LogP contribution is 2.09. The predicted octanol–water partition coefficient (Wildman–Crippen LogP) is 1.62. The minimum Gasteiger partial charge on any atom is -0.343 e. The zero-order valence-corrected chi connectivity index (χ0v) is 11.3. The third-order valence-corrected chi connectivity index (χ3v) is 3.29. The molecular formula is C11H15N5OS. The molecule has 0 aromatic carbocycles. The monoisotopic (exact) mass is 265 g/mol. The molecule has 6 nitrogen and oxygen atoms in total. The third kappa shape index (κ3) is 2.92. The van der Waals surface area contributed by atoms with Gasteiger partial charge >= 0.3 is 0 Å². The average molecular weight is 265 g/mol. The first kappa shape index (κ1) is 12.7. The summed E-state index contributed by atoms with van der Waals surface area (Å²) in [7, 11) is 0. The summed E-state index contributed by atoms with van der Waals surface area (Å²) < 4.78 is 0. The van der Waals surface area contributed by atoms with E-state index in [-0.39, 0.29) is 17.6 Å². The van der Waals surface area contributed by atoms with E-state index in [9.17, 15) is 4.79 Å². The number of aromatic nitrogens is 4. The molecule has 0 saturated carbocycles. The van der Waals surface area contributed by atoms with Crippen LogP contribution in [0.2, 0.25) is 0 Å². The molecule has 2 aromatic heterocycles. The van der Waals surface area contributed by atoms with Crippen LogP contribution in [-0.2, 0) is 6.54 Å². The molecule has 0 spiro atoms. The zero-order chi connectivity index (χ0) is 13.1. The minimum atomic E-state index is -0.286. The summed E-state index contributed by atoms with van der Waals surface area (Å²) in [6.07, 6.45) is 0. The van der Waals surface area contributed by atoms with Crippen LogP contribution < -0.4 is 5.32 Å². The van der Waals surface area contributed by atoms with Crippen molar-refractivity contribution >= 4 is 17.2 Å². The summed E-state index contributed by atoms with van der Waals surface area (Å²) in [6, 6.07) is 0. The van der Waals surface area contributed by atoms with Crippen molar-refractivity contribution in [3.8, 4) is 0 Å². The largest absolute Gasteiger partial charge is 0.343 e. The highest BCUT2D eigenvalue weighted by molar-refractivity contribution is 7.09. The minimum absolute atomic E-state index is 0.173. The lowest BCUT2D eigenvalue weighted by atomic mass is 10.2. The standard InChI is InChI=1S/C11H15N5OS/c1-6(2)9-14-10(16-15-9)11(17)12-4-8-13-7(3)5-18-8/h5-6H,4H2,1-3H3,(H,12,17)(H,14,15,16). The lowest BCUT2D eigenvalue weighted by molar-refractivity contribution is 0.0941. The second-order valence-electron chi connectivity index (χ2n) is 4.26. The van der Waals surface area contributed by atoms with Crippen molar-refractivity contribution in [1.82, 2.24) is 25.5 Å². The number of carbonyl (C=O) groups is 1. The van der Waals surface area contributed by atoms with Crippen LogP contribution in [-0.4, -0.2) is 26.1 Å². The maximum Gasteiger partial charge on any atom is 0.291 e. The lowest BCUT2D eigenvalue weighted by Crippen LogP contribution is -2.24. The van der Waals surface area contributed by atoms with E-state index in [1.165, 1.54) is 11.3 Å². The highest BCUT2D eigenvalue weighted by Gasteiger charge is 2.14. The molecule has 18 heavy (non-hydrogen) atoms. The first-order valence-corrected chi connectivity index (χ1v) is 6.55. The number of hydrogen-bond acceptors (Lipinski definition) is 5. The predicted molar refractivity (Wildman–Crippen MR) is 68.5 cm³/mol. The third-order valence-electron chi connectivity index (χ3n) is 2.32. The molecule has 7 heteroatoms. The lowest BCUT2D eigenvalue weighted by Gasteiger charge is -1.98. The zero-order valence-electron chi connectivity index (χ0n) is 10.5. The van der Waals surface area contributed by atoms with E-state index >= 15 is 0 Å². The van der Waals surface area contributed by atoms with E-state index in [1.807, 2.05) is 26.2 Å². The van der Waals surface area contributed by atoms with Crippen molar-refractivity contribution in [1.29, 1.82) is 0 Å². The Morgan fingerprint density at radius 1 is 1.50 bits per heavy atom. The SMILES string of the molecule is Cc1csc(CNC(=O)c2n[nH]c(C(C)C)n2)n1. The van der Waals surface area contributed by atoms with Crippen LogP contribution in [0.5, 0.6) is 0 Å². The van der Waals surface area contributed by atoms with Crippen LogP contribution >= 0.6 is 11.3 Å². The first-order valence-electron chi connectivity index (χ1n) is 5.67. The molecular weight excluding hydrogens is 250 g/mol. The van der Waals surface area contributed by atoms with Gasteiger partial charge in [-0.05, 0) is 6.92 Å². The van der Waals surface area contributed by atoms with Crippen LogP contribution in [0.4, 0.5) is 0 Å². The molecule has 0 aliphatic carbocycles. The van der Waals surface area contributed by atoms with E-state index in [1.54, 1.807) is 0 Å². The van der Waals surface area contributed by atoms with Crippen LogP contribution in [0.3, 0.4) is 0 Å². The molecule has 2 heterocycles. The molecule has 0 aliphatic rings. The van der Waals surface area contributed by atoms with Crippen LogP contribution in [0, 0.1) is 6.92 Å². The number of nitrogens with zero attached hydrogens (tertiary/aromatic N) is 3. The van der Waals surface area contributed by atoms with Gasteiger partial charge < -0.3 is 5.32 Å². The quantitative estimate of drug-likeness (QED) is 0.880. The Kier molecular flexibility index (Phi) is 3.71. The number of aryl methyl sites for hydroxylation is 1. The first-order chi connectivity index (χ1) is 8.56. The van der Waals surface area contributed by atoms with Crippen molar-refractivity contribution in [2.45, 2.75) is 33.2 Å². The molecule has 2 rings (SSSR count). The van der Waals surface area contributed by atoms with Gasteiger partial charge in [-0.3, -0.25) is 9.89 Å². The van der Waals surface area contributed by atoms with Crippen molar-refractivity contribution in [2.24, 2.45) is 0 Å². The molecule has 0 radical (unpaired) electrons. The van der Waals surface area contributed by atoms with Crippen LogP contribution in [0.15, 0.2) is 5.38 Å². The topological polar surface area (TPSA) is 83.6 Å². The Morgan fingerprint density at radius 3 is 2.83 bits per heavy atom. The van der Waals surface area contributed by atoms with Gasteiger partial charge in [-0.1, -0.05) is 13.8 Å². The smallest absolute Gasteiger partial charge is 0.291 e. The summed E-state index contributed by atoms with van der Waals surface area (Å²) in [5.41, 5.74) is 0.962. The highest BCUT2D eigenvalue weighted by atomic mass is 32.1. The van der Waals surface area contributed by atoms with E-state index in [4.69, 9.17) is 0 Å². The maximum atomic E-state index is 11.8. The number of H-pyrrole nitrogens is 1. The summed E-state index contributed by atoms with van der Waals surface area (Å²) in [5, 5.41) is 12.2. The Hall–Kier alpha value is -1.76. The number of rotatable bonds is 4. The van der Waals surface area contributed by atoms with Gasteiger partial charge in [0.05, 0.1) is 6.54 Å². The second-order valence-corrected chi connectivity index (χ2v) is 5.21. The Balaban J connectivity index is 1.95. The molecule has 0 unspecified atom stereocenters. The average Bonchev–Trinajstić information content (AvgIpc) is 2.94. The van der Waals surface area contributed by atoms with Gasteiger partial charge in [-0.2, -0.15) is 0 Å². The molecule has 0 fully saturated rings. The molecule has 0 atom stereocenters. The molecule has 2 aromatic rings. The van der Waals surface area contributed by atoms with Crippen molar-refractivity contribution < 1.29 is 4.79 Å². The molecule has 2 N–H and O–H groups in total. The van der Waals surface area contributed by atoms with E-state index in [2.05, 4.69) is 25.5 Å². The Morgan fingerprint density at radius 2 is 2.28 bits per heavy atom. The summed E-state index contributed by atoms with van der Waals surface area (Å²) >= 11 is 1.52. The van der Waals surface area contributed by atoms with Crippen LogP contribution in [0.1, 0.15) is 46.9 Å². The van der Waals surface area contributed by atoms with Gasteiger partial charge in [-0.25, -0.2) is 9.97 Å². The van der Waals surface area contributed by atoms with Gasteiger partial charge in [0.25, 0.3) is 5.91 Å². The summed E-state index contributed by atoms with van der Waals surface area (Å²) in [4.78, 5) is 20.2. The maximum absolute atomic E-state index is 11.8. The van der Waals surface area contributed by atoms with E-state index in [0.29, 0.717) is 12.4 Å². The number of thiazole rings is 1. The molecule has 0 aliphatic heterocycles. The number of nitrogens with one attached hydrogen (secondary N) is 2. The molecule has 0 bridgehead atoms. The van der Waals surface area contributed by atoms with E-state index < -0.39 is 0 Å². The second kappa shape index (κ2) is 5.26. The van der Waals surface area contributed by atoms with Gasteiger partial charge in [0.2, 0.25) is 5.82 Å². The van der Waals surface area contributed by atoms with Gasteiger partial charge in [0.15, 0.2) is 0 Å². The summed E-state index contributed by atoms with van der Waals surface area (Å²) in [6.45, 7) is 6.30. The summed E-state index contributed by atoms with van der Waals surface area (Å²) in [5.74, 6) is 0.823. The molecule has 96 valence electrons. The molecule has 0 saturated heterocycles. The Labute approximate surface area is 109 Å². The number of hydrogen-bond donors (Lipinski definition) is 2. The number of amides is 1. The van der Waals surface area contributed by atoms with Gasteiger partial charge in [0.1, 0.15) is 10.8 Å². The fourth-order valence-corrected chi connectivity index (χ4v) is 2.06. The normalized spacial score (nSPS) is 10.9. The fraction of sp³-hybridized carbons (Fsp3) is 0.455. The van der Waals surface area contributed by atoms with Gasteiger partial charge in [-0.15, -0.1) is 16.4 Å². The van der Waals surface area contributed by atoms with Crippen molar-refractivity contribution in [2.75, 3.05) is 0 Å². The van der Waals surface area contributed by atoms with Crippen LogP contribution in [0.25, 0.3) is 0 Å². The number of carbonyl (C=O) groups excluding carboxylic acids is 1. The number of aromatic amines is 1. The van der Waals surface area contributed by atoms with Gasteiger partial charge in [0, 0.05) is 17.0 Å².